The molecular weight excluding hydrogens is 228 g/mol. The predicted molar refractivity (Wildman–Crippen MR) is 71.7 cm³/mol. The Labute approximate surface area is 110 Å². The maximum absolute atomic E-state index is 11.1. The lowest BCUT2D eigenvalue weighted by Crippen LogP contribution is -2.42. The van der Waals surface area contributed by atoms with E-state index in [9.17, 15) is 4.79 Å². The maximum Gasteiger partial charge on any atom is 0.143 e. The van der Waals surface area contributed by atoms with Gasteiger partial charge in [-0.05, 0) is 39.7 Å². The summed E-state index contributed by atoms with van der Waals surface area (Å²) in [6.07, 6.45) is 5.39. The Morgan fingerprint density at radius 2 is 1.56 bits per heavy atom. The number of likely N-dealkylation sites (tertiary alicyclic amines) is 2. The highest BCUT2D eigenvalue weighted by atomic mass is 16.5. The van der Waals surface area contributed by atoms with Gasteiger partial charge in [-0.15, -0.1) is 0 Å². The quantitative estimate of drug-likeness (QED) is 0.753. The zero-order chi connectivity index (χ0) is 13.0. The number of rotatable bonds is 4. The first-order valence-electron chi connectivity index (χ1n) is 7.19. The van der Waals surface area contributed by atoms with Crippen LogP contribution in [-0.4, -0.2) is 67.6 Å². The molecular formula is C14H26N2O2. The zero-order valence-corrected chi connectivity index (χ0v) is 11.7. The van der Waals surface area contributed by atoms with Crippen molar-refractivity contribution in [1.82, 2.24) is 9.80 Å². The highest BCUT2D eigenvalue weighted by Crippen LogP contribution is 2.20. The van der Waals surface area contributed by atoms with Gasteiger partial charge in [0.05, 0.1) is 18.8 Å². The molecule has 2 saturated heterocycles. The molecule has 0 spiro atoms. The number of hydrogen-bond acceptors (Lipinski definition) is 4. The molecule has 0 unspecified atom stereocenters. The van der Waals surface area contributed by atoms with Crippen molar-refractivity contribution in [2.45, 2.75) is 44.8 Å². The number of hydrogen-bond donors (Lipinski definition) is 0. The monoisotopic (exact) mass is 254 g/mol. The Hall–Kier alpha value is -0.450. The average molecular weight is 254 g/mol. The van der Waals surface area contributed by atoms with E-state index in [4.69, 9.17) is 4.74 Å². The first kappa shape index (κ1) is 14.0. The molecule has 2 heterocycles. The van der Waals surface area contributed by atoms with Crippen molar-refractivity contribution < 1.29 is 9.53 Å². The topological polar surface area (TPSA) is 32.8 Å². The van der Waals surface area contributed by atoms with Crippen molar-refractivity contribution in [3.8, 4) is 0 Å². The van der Waals surface area contributed by atoms with Crippen LogP contribution in [0.1, 0.15) is 32.6 Å². The van der Waals surface area contributed by atoms with Crippen LogP contribution in [0.25, 0.3) is 0 Å². The second kappa shape index (κ2) is 6.64. The molecule has 0 radical (unpaired) electrons. The Balaban J connectivity index is 1.65. The van der Waals surface area contributed by atoms with Crippen LogP contribution in [0.2, 0.25) is 0 Å². The summed E-state index contributed by atoms with van der Waals surface area (Å²) >= 11 is 0. The van der Waals surface area contributed by atoms with Gasteiger partial charge < -0.3 is 9.64 Å². The summed E-state index contributed by atoms with van der Waals surface area (Å²) < 4.78 is 6.20. The van der Waals surface area contributed by atoms with Gasteiger partial charge in [0, 0.05) is 26.2 Å². The Bertz CT molecular complexity index is 267. The minimum absolute atomic E-state index is 0.268. The average Bonchev–Trinajstić information content (AvgIpc) is 2.34. The van der Waals surface area contributed by atoms with Crippen LogP contribution in [0.15, 0.2) is 0 Å². The summed E-state index contributed by atoms with van der Waals surface area (Å²) in [6.45, 7) is 6.62. The summed E-state index contributed by atoms with van der Waals surface area (Å²) in [5.41, 5.74) is 0. The van der Waals surface area contributed by atoms with Gasteiger partial charge in [0.2, 0.25) is 0 Å². The molecule has 4 heteroatoms. The fourth-order valence-corrected chi connectivity index (χ4v) is 2.91. The molecule has 0 aliphatic carbocycles. The molecule has 2 aliphatic rings. The third-order valence-corrected chi connectivity index (χ3v) is 4.03. The van der Waals surface area contributed by atoms with E-state index >= 15 is 0 Å². The van der Waals surface area contributed by atoms with E-state index in [0.717, 1.165) is 39.0 Å². The van der Waals surface area contributed by atoms with Crippen molar-refractivity contribution in [2.24, 2.45) is 0 Å². The molecule has 0 aromatic rings. The standard InChI is InChI=1S/C14H26N2O2/c1-12(17)11-16-9-5-14(6-10-16)18-13-3-7-15(2)8-4-13/h13-14H,3-11H2,1-2H3. The summed E-state index contributed by atoms with van der Waals surface area (Å²) in [5, 5.41) is 0. The molecule has 0 saturated carbocycles. The second-order valence-corrected chi connectivity index (χ2v) is 5.82. The molecule has 0 atom stereocenters. The fourth-order valence-electron chi connectivity index (χ4n) is 2.91. The van der Waals surface area contributed by atoms with Crippen LogP contribution in [0.5, 0.6) is 0 Å². The zero-order valence-electron chi connectivity index (χ0n) is 11.7. The van der Waals surface area contributed by atoms with Crippen molar-refractivity contribution in [1.29, 1.82) is 0 Å². The molecule has 0 aromatic carbocycles. The van der Waals surface area contributed by atoms with Crippen molar-refractivity contribution in [2.75, 3.05) is 39.8 Å². The molecule has 104 valence electrons. The van der Waals surface area contributed by atoms with Crippen LogP contribution in [0.4, 0.5) is 0 Å². The lowest BCUT2D eigenvalue weighted by atomic mass is 10.0. The predicted octanol–water partition coefficient (Wildman–Crippen LogP) is 1.15. The second-order valence-electron chi connectivity index (χ2n) is 5.82. The number of ketones is 1. The number of nitrogens with zero attached hydrogens (tertiary/aromatic N) is 2. The summed E-state index contributed by atoms with van der Waals surface area (Å²) in [4.78, 5) is 15.7. The van der Waals surface area contributed by atoms with Gasteiger partial charge in [-0.1, -0.05) is 0 Å². The molecule has 0 bridgehead atoms. The van der Waals surface area contributed by atoms with Gasteiger partial charge in [0.25, 0.3) is 0 Å². The minimum Gasteiger partial charge on any atom is -0.375 e. The van der Waals surface area contributed by atoms with E-state index in [1.807, 2.05) is 0 Å². The largest absolute Gasteiger partial charge is 0.375 e. The third kappa shape index (κ3) is 4.34. The lowest BCUT2D eigenvalue weighted by Gasteiger charge is -2.36. The van der Waals surface area contributed by atoms with Crippen molar-refractivity contribution >= 4 is 5.78 Å². The molecule has 2 fully saturated rings. The molecule has 4 nitrogen and oxygen atoms in total. The smallest absolute Gasteiger partial charge is 0.143 e. The van der Waals surface area contributed by atoms with E-state index in [1.165, 1.54) is 12.8 Å². The van der Waals surface area contributed by atoms with Gasteiger partial charge in [0.15, 0.2) is 0 Å². The van der Waals surface area contributed by atoms with Gasteiger partial charge in [-0.2, -0.15) is 0 Å². The molecule has 0 amide bonds. The van der Waals surface area contributed by atoms with Crippen LogP contribution < -0.4 is 0 Å². The van der Waals surface area contributed by atoms with Gasteiger partial charge in [0.1, 0.15) is 5.78 Å². The van der Waals surface area contributed by atoms with Crippen molar-refractivity contribution in [3.05, 3.63) is 0 Å². The van der Waals surface area contributed by atoms with E-state index in [2.05, 4.69) is 16.8 Å². The number of piperidine rings is 2. The van der Waals surface area contributed by atoms with Crippen LogP contribution >= 0.6 is 0 Å². The van der Waals surface area contributed by atoms with Crippen LogP contribution in [0, 0.1) is 0 Å². The molecule has 0 aromatic heterocycles. The van der Waals surface area contributed by atoms with Gasteiger partial charge in [-0.25, -0.2) is 0 Å². The fraction of sp³-hybridized carbons (Fsp3) is 0.929. The van der Waals surface area contributed by atoms with E-state index in [-0.39, 0.29) is 5.78 Å². The van der Waals surface area contributed by atoms with Crippen molar-refractivity contribution in [3.63, 3.8) is 0 Å². The number of carbonyl (C=O) groups excluding carboxylic acids is 1. The maximum atomic E-state index is 11.1. The van der Waals surface area contributed by atoms with Crippen LogP contribution in [0.3, 0.4) is 0 Å². The SMILES string of the molecule is CC(=O)CN1CCC(OC2CCN(C)CC2)CC1. The number of carbonyl (C=O) groups is 1. The number of Topliss-reactive ketones (excluding diaryl/α,β-unsaturated/α-hetero) is 1. The Morgan fingerprint density at radius 1 is 1.06 bits per heavy atom. The van der Waals surface area contributed by atoms with Gasteiger partial charge >= 0.3 is 0 Å². The first-order chi connectivity index (χ1) is 8.63. The van der Waals surface area contributed by atoms with Gasteiger partial charge in [-0.3, -0.25) is 9.69 Å². The number of ether oxygens (including phenoxy) is 1. The van der Waals surface area contributed by atoms with E-state index < -0.39 is 0 Å². The molecule has 0 N–H and O–H groups in total. The highest BCUT2D eigenvalue weighted by molar-refractivity contribution is 5.77. The Morgan fingerprint density at radius 3 is 2.06 bits per heavy atom. The van der Waals surface area contributed by atoms with E-state index in [0.29, 0.717) is 18.8 Å². The molecule has 2 rings (SSSR count). The highest BCUT2D eigenvalue weighted by Gasteiger charge is 2.25. The normalized spacial score (nSPS) is 25.4. The Kier molecular flexibility index (Phi) is 5.15. The summed E-state index contributed by atoms with van der Waals surface area (Å²) in [7, 11) is 2.18. The molecule has 18 heavy (non-hydrogen) atoms. The minimum atomic E-state index is 0.268. The first-order valence-corrected chi connectivity index (χ1v) is 7.19. The van der Waals surface area contributed by atoms with E-state index in [1.54, 1.807) is 6.92 Å². The summed E-state index contributed by atoms with van der Waals surface area (Å²) in [5.74, 6) is 0.268. The third-order valence-electron chi connectivity index (χ3n) is 4.03. The van der Waals surface area contributed by atoms with Crippen LogP contribution in [-0.2, 0) is 9.53 Å². The molecule has 2 aliphatic heterocycles. The lowest BCUT2D eigenvalue weighted by molar-refractivity contribution is -0.119. The summed E-state index contributed by atoms with van der Waals surface area (Å²) in [6, 6.07) is 0.